The van der Waals surface area contributed by atoms with Crippen molar-refractivity contribution < 1.29 is 4.79 Å². The lowest BCUT2D eigenvalue weighted by molar-refractivity contribution is 0.0993. The summed E-state index contributed by atoms with van der Waals surface area (Å²) >= 11 is 6.02. The first kappa shape index (κ1) is 12.3. The molecule has 2 heterocycles. The van der Waals surface area contributed by atoms with Gasteiger partial charge in [-0.3, -0.25) is 9.78 Å². The maximum absolute atomic E-state index is 12.3. The van der Waals surface area contributed by atoms with E-state index in [2.05, 4.69) is 10.3 Å². The van der Waals surface area contributed by atoms with Gasteiger partial charge in [-0.25, -0.2) is 0 Å². The number of Topliss-reactive ketones (excluding diaryl/α,β-unsaturated/α-hetero) is 1. The smallest absolute Gasteiger partial charge is 0.167 e. The molecule has 4 heteroatoms. The van der Waals surface area contributed by atoms with Gasteiger partial charge in [0.25, 0.3) is 0 Å². The minimum Gasteiger partial charge on any atom is -0.309 e. The van der Waals surface area contributed by atoms with Crippen molar-refractivity contribution in [2.75, 3.05) is 0 Å². The first-order valence-corrected chi connectivity index (χ1v) is 6.56. The highest BCUT2D eigenvalue weighted by atomic mass is 35.5. The molecule has 0 saturated heterocycles. The Labute approximate surface area is 116 Å². The number of benzene rings is 1. The summed E-state index contributed by atoms with van der Waals surface area (Å²) in [5, 5.41) is 3.81. The van der Waals surface area contributed by atoms with Gasteiger partial charge in [0.1, 0.15) is 0 Å². The predicted octanol–water partition coefficient (Wildman–Crippen LogP) is 2.76. The van der Waals surface area contributed by atoms with Crippen molar-refractivity contribution >= 4 is 17.4 Å². The summed E-state index contributed by atoms with van der Waals surface area (Å²) in [5.41, 5.74) is 4.06. The summed E-state index contributed by atoms with van der Waals surface area (Å²) in [6.45, 7) is 1.73. The van der Waals surface area contributed by atoms with Gasteiger partial charge < -0.3 is 5.32 Å². The third-order valence-electron chi connectivity index (χ3n) is 3.37. The third-order valence-corrected chi connectivity index (χ3v) is 3.71. The zero-order valence-electron chi connectivity index (χ0n) is 10.3. The quantitative estimate of drug-likeness (QED) is 0.874. The zero-order chi connectivity index (χ0) is 13.2. The van der Waals surface area contributed by atoms with Crippen LogP contribution in [0.25, 0.3) is 0 Å². The Hall–Kier alpha value is -1.71. The molecule has 0 saturated carbocycles. The van der Waals surface area contributed by atoms with Crippen LogP contribution in [0.15, 0.2) is 36.7 Å². The topological polar surface area (TPSA) is 42.0 Å². The lowest BCUT2D eigenvalue weighted by atomic mass is 10.00. The number of hydrogen-bond donors (Lipinski definition) is 1. The molecule has 0 amide bonds. The van der Waals surface area contributed by atoms with E-state index in [9.17, 15) is 4.79 Å². The maximum Gasteiger partial charge on any atom is 0.167 e. The third kappa shape index (κ3) is 2.53. The first-order valence-electron chi connectivity index (χ1n) is 6.18. The molecule has 1 N–H and O–H groups in total. The van der Waals surface area contributed by atoms with Crippen LogP contribution < -0.4 is 5.32 Å². The Balaban J connectivity index is 1.83. The molecule has 1 aliphatic rings. The fraction of sp³-hybridized carbons (Fsp3) is 0.200. The summed E-state index contributed by atoms with van der Waals surface area (Å²) in [5.74, 6) is 0.0859. The second-order valence-electron chi connectivity index (χ2n) is 4.65. The number of fused-ring (bicyclic) bond motifs is 1. The Kier molecular flexibility index (Phi) is 3.32. The van der Waals surface area contributed by atoms with E-state index in [1.54, 1.807) is 18.5 Å². The van der Waals surface area contributed by atoms with Crippen LogP contribution in [0.3, 0.4) is 0 Å². The summed E-state index contributed by atoms with van der Waals surface area (Å²) in [4.78, 5) is 16.2. The molecule has 0 atom stereocenters. The second-order valence-corrected chi connectivity index (χ2v) is 5.06. The molecule has 3 nitrogen and oxygen atoms in total. The molecule has 0 unspecified atom stereocenters. The van der Waals surface area contributed by atoms with Crippen LogP contribution in [-0.4, -0.2) is 10.8 Å². The average molecular weight is 273 g/mol. The molecule has 19 heavy (non-hydrogen) atoms. The van der Waals surface area contributed by atoms with E-state index >= 15 is 0 Å². The lowest BCUT2D eigenvalue weighted by Crippen LogP contribution is -2.05. The average Bonchev–Trinajstić information content (AvgIpc) is 2.88. The second kappa shape index (κ2) is 5.11. The fourth-order valence-corrected chi connectivity index (χ4v) is 2.48. The molecule has 0 fully saturated rings. The van der Waals surface area contributed by atoms with Gasteiger partial charge in [0, 0.05) is 37.5 Å². The van der Waals surface area contributed by atoms with Crippen LogP contribution >= 0.6 is 11.6 Å². The number of carbonyl (C=O) groups is 1. The largest absolute Gasteiger partial charge is 0.309 e. The van der Waals surface area contributed by atoms with Gasteiger partial charge in [0.15, 0.2) is 5.78 Å². The zero-order valence-corrected chi connectivity index (χ0v) is 11.1. The van der Waals surface area contributed by atoms with Crippen molar-refractivity contribution in [3.8, 4) is 0 Å². The van der Waals surface area contributed by atoms with Crippen molar-refractivity contribution in [2.24, 2.45) is 0 Å². The van der Waals surface area contributed by atoms with Gasteiger partial charge in [-0.2, -0.15) is 0 Å². The van der Waals surface area contributed by atoms with Crippen molar-refractivity contribution in [3.05, 3.63) is 63.9 Å². The van der Waals surface area contributed by atoms with Gasteiger partial charge >= 0.3 is 0 Å². The number of rotatable bonds is 3. The highest BCUT2D eigenvalue weighted by Crippen LogP contribution is 2.20. The van der Waals surface area contributed by atoms with Gasteiger partial charge in [-0.05, 0) is 28.8 Å². The summed E-state index contributed by atoms with van der Waals surface area (Å²) < 4.78 is 0. The van der Waals surface area contributed by atoms with Gasteiger partial charge in [-0.15, -0.1) is 0 Å². The number of ketones is 1. The number of nitrogens with zero attached hydrogens (tertiary/aromatic N) is 1. The molecule has 96 valence electrons. The van der Waals surface area contributed by atoms with Crippen LogP contribution in [-0.2, 0) is 19.5 Å². The van der Waals surface area contributed by atoms with E-state index in [1.807, 2.05) is 18.2 Å². The molecule has 0 aliphatic carbocycles. The van der Waals surface area contributed by atoms with E-state index in [0.717, 1.165) is 24.2 Å². The monoisotopic (exact) mass is 272 g/mol. The predicted molar refractivity (Wildman–Crippen MR) is 74.3 cm³/mol. The van der Waals surface area contributed by atoms with Crippen molar-refractivity contribution in [1.29, 1.82) is 0 Å². The minimum atomic E-state index is 0.0859. The van der Waals surface area contributed by atoms with Crippen molar-refractivity contribution in [2.45, 2.75) is 19.5 Å². The van der Waals surface area contributed by atoms with Crippen LogP contribution in [0.4, 0.5) is 0 Å². The summed E-state index contributed by atoms with van der Waals surface area (Å²) in [6, 6.07) is 7.68. The van der Waals surface area contributed by atoms with Gasteiger partial charge in [-0.1, -0.05) is 23.7 Å². The van der Waals surface area contributed by atoms with Crippen molar-refractivity contribution in [1.82, 2.24) is 10.3 Å². The number of halogens is 1. The molecule has 0 bridgehead atoms. The molecular weight excluding hydrogens is 260 g/mol. The number of hydrogen-bond acceptors (Lipinski definition) is 3. The number of pyridine rings is 1. The number of nitrogens with one attached hydrogen (secondary N) is 1. The number of carbonyl (C=O) groups excluding carboxylic acids is 1. The van der Waals surface area contributed by atoms with Gasteiger partial charge in [0.2, 0.25) is 0 Å². The van der Waals surface area contributed by atoms with Crippen LogP contribution in [0, 0.1) is 0 Å². The summed E-state index contributed by atoms with van der Waals surface area (Å²) in [6.07, 6.45) is 3.53. The van der Waals surface area contributed by atoms with Crippen molar-refractivity contribution in [3.63, 3.8) is 0 Å². The molecule has 1 aromatic heterocycles. The Morgan fingerprint density at radius 2 is 2.11 bits per heavy atom. The maximum atomic E-state index is 12.3. The standard InChI is InChI=1S/C15H13ClN2O/c16-14-9-17-4-3-10(14)6-15(19)11-1-2-12-7-18-8-13(12)5-11/h1-5,9,18H,6-8H2. The summed E-state index contributed by atoms with van der Waals surface area (Å²) in [7, 11) is 0. The molecule has 1 aromatic carbocycles. The Morgan fingerprint density at radius 3 is 2.95 bits per heavy atom. The molecule has 1 aliphatic heterocycles. The van der Waals surface area contributed by atoms with Crippen LogP contribution in [0.5, 0.6) is 0 Å². The fourth-order valence-electron chi connectivity index (χ4n) is 2.29. The Morgan fingerprint density at radius 1 is 1.26 bits per heavy atom. The molecule has 0 radical (unpaired) electrons. The lowest BCUT2D eigenvalue weighted by Gasteiger charge is -2.05. The normalized spacial score (nSPS) is 13.3. The minimum absolute atomic E-state index is 0.0859. The van der Waals surface area contributed by atoms with Crippen LogP contribution in [0.2, 0.25) is 5.02 Å². The first-order chi connectivity index (χ1) is 9.24. The van der Waals surface area contributed by atoms with Gasteiger partial charge in [0.05, 0.1) is 5.02 Å². The highest BCUT2D eigenvalue weighted by molar-refractivity contribution is 6.31. The Bertz CT molecular complexity index is 640. The van der Waals surface area contributed by atoms with E-state index in [1.165, 1.54) is 11.1 Å². The molecule has 2 aromatic rings. The number of aromatic nitrogens is 1. The molecule has 0 spiro atoms. The van der Waals surface area contributed by atoms with E-state index in [0.29, 0.717) is 11.4 Å². The van der Waals surface area contributed by atoms with E-state index in [4.69, 9.17) is 11.6 Å². The highest BCUT2D eigenvalue weighted by Gasteiger charge is 2.14. The van der Waals surface area contributed by atoms with E-state index in [-0.39, 0.29) is 5.78 Å². The SMILES string of the molecule is O=C(Cc1ccncc1Cl)c1ccc2c(c1)CNC2. The van der Waals surface area contributed by atoms with E-state index < -0.39 is 0 Å². The molecule has 3 rings (SSSR count). The van der Waals surface area contributed by atoms with Crippen LogP contribution in [0.1, 0.15) is 27.0 Å². The molecular formula is C15H13ClN2O.